The van der Waals surface area contributed by atoms with E-state index in [2.05, 4.69) is 15.5 Å². The van der Waals surface area contributed by atoms with Gasteiger partial charge in [0.15, 0.2) is 0 Å². The summed E-state index contributed by atoms with van der Waals surface area (Å²) in [5.74, 6) is 1.35. The summed E-state index contributed by atoms with van der Waals surface area (Å²) in [6, 6.07) is 20.0. The van der Waals surface area contributed by atoms with E-state index in [0.717, 1.165) is 78.8 Å². The number of nitrogens with zero attached hydrogens (tertiary/aromatic N) is 4. The van der Waals surface area contributed by atoms with Crippen molar-refractivity contribution in [3.05, 3.63) is 81.8 Å². The molecule has 0 atom stereocenters. The number of likely N-dealkylation sites (tertiary alicyclic amines) is 2. The number of aromatic nitrogens is 2. The zero-order chi connectivity index (χ0) is 35.7. The fraction of sp³-hybridized carbons (Fsp3) is 0.385. The molecule has 0 bridgehead atoms. The van der Waals surface area contributed by atoms with Crippen LogP contribution in [-0.4, -0.2) is 83.6 Å². The van der Waals surface area contributed by atoms with Crippen molar-refractivity contribution < 1.29 is 19.1 Å². The van der Waals surface area contributed by atoms with Crippen LogP contribution in [0.25, 0.3) is 33.6 Å². The Morgan fingerprint density at radius 1 is 0.863 bits per heavy atom. The third-order valence-corrected chi connectivity index (χ3v) is 11.1. The first-order chi connectivity index (χ1) is 24.7. The molecule has 2 aromatic heterocycles. The van der Waals surface area contributed by atoms with Crippen molar-refractivity contribution in [3.63, 3.8) is 0 Å². The summed E-state index contributed by atoms with van der Waals surface area (Å²) in [6.07, 6.45) is 3.32. The van der Waals surface area contributed by atoms with Crippen molar-refractivity contribution in [2.24, 2.45) is 0 Å². The number of hydrogen-bond acceptors (Lipinski definition) is 8. The van der Waals surface area contributed by atoms with Crippen LogP contribution in [0.2, 0.25) is 10.0 Å². The molecule has 0 aliphatic carbocycles. The van der Waals surface area contributed by atoms with Gasteiger partial charge in [-0.1, -0.05) is 71.7 Å². The fourth-order valence-electron chi connectivity index (χ4n) is 7.55. The van der Waals surface area contributed by atoms with Gasteiger partial charge in [0.1, 0.15) is 0 Å². The molecule has 266 valence electrons. The van der Waals surface area contributed by atoms with Crippen LogP contribution in [0.4, 0.5) is 0 Å². The lowest BCUT2D eigenvalue weighted by molar-refractivity contribution is -0.130. The smallest absolute Gasteiger partial charge is 0.220 e. The minimum absolute atomic E-state index is 0.0792. The number of carbonyl (C=O) groups excluding carboxylic acids is 2. The third-order valence-electron chi connectivity index (χ3n) is 10.3. The second kappa shape index (κ2) is 14.8. The van der Waals surface area contributed by atoms with Crippen molar-refractivity contribution in [1.29, 1.82) is 0 Å². The Morgan fingerprint density at radius 2 is 1.41 bits per heavy atom. The van der Waals surface area contributed by atoms with E-state index in [4.69, 9.17) is 42.6 Å². The van der Waals surface area contributed by atoms with E-state index in [1.807, 2.05) is 65.6 Å². The number of benzene rings is 2. The van der Waals surface area contributed by atoms with Crippen molar-refractivity contribution >= 4 is 35.0 Å². The van der Waals surface area contributed by atoms with Gasteiger partial charge < -0.3 is 25.0 Å². The summed E-state index contributed by atoms with van der Waals surface area (Å²) in [7, 11) is 3.25. The molecule has 0 saturated carbocycles. The van der Waals surface area contributed by atoms with E-state index >= 15 is 0 Å². The quantitative estimate of drug-likeness (QED) is 0.194. The van der Waals surface area contributed by atoms with Crippen LogP contribution in [0.1, 0.15) is 43.7 Å². The number of amides is 2. The average Bonchev–Trinajstić information content (AvgIpc) is 3.52. The summed E-state index contributed by atoms with van der Waals surface area (Å²) < 4.78 is 11.4. The third kappa shape index (κ3) is 7.28. The van der Waals surface area contributed by atoms with Gasteiger partial charge in [0.25, 0.3) is 0 Å². The van der Waals surface area contributed by atoms with E-state index in [1.165, 1.54) is 0 Å². The molecule has 0 unspecified atom stereocenters. The van der Waals surface area contributed by atoms with Gasteiger partial charge in [-0.15, -0.1) is 0 Å². The molecule has 7 rings (SSSR count). The summed E-state index contributed by atoms with van der Waals surface area (Å²) >= 11 is 14.3. The predicted molar refractivity (Wildman–Crippen MR) is 199 cm³/mol. The molecule has 3 aliphatic rings. The molecular formula is C39H42Cl2N6O4. The number of halogens is 2. The topological polar surface area (TPSA) is 109 Å². The number of pyridine rings is 2. The monoisotopic (exact) mass is 728 g/mol. The molecule has 2 N–H and O–H groups in total. The van der Waals surface area contributed by atoms with Gasteiger partial charge in [-0.05, 0) is 31.4 Å². The van der Waals surface area contributed by atoms with Gasteiger partial charge in [0, 0.05) is 92.0 Å². The first-order valence-electron chi connectivity index (χ1n) is 17.3. The number of carbonyl (C=O) groups is 2. The molecule has 2 amide bonds. The lowest BCUT2D eigenvalue weighted by Crippen LogP contribution is -2.66. The SMILES string of the molecule is COc1nc(-c2cccc(-c3cccc(-c4ccc(CN5CC6(CCC(=O)N6)C5)c(OC)n4)c3Cl)c2Cl)ccc1CNC1CCN(C(C)=O)CC1. The van der Waals surface area contributed by atoms with Crippen molar-refractivity contribution in [2.75, 3.05) is 40.4 Å². The summed E-state index contributed by atoms with van der Waals surface area (Å²) in [5.41, 5.74) is 6.31. The summed E-state index contributed by atoms with van der Waals surface area (Å²) in [5, 5.41) is 7.80. The Bertz CT molecular complexity index is 1960. The zero-order valence-electron chi connectivity index (χ0n) is 29.1. The molecular weight excluding hydrogens is 687 g/mol. The lowest BCUT2D eigenvalue weighted by atomic mass is 9.88. The predicted octanol–water partition coefficient (Wildman–Crippen LogP) is 6.37. The molecule has 5 heterocycles. The number of hydrogen-bond donors (Lipinski definition) is 2. The Kier molecular flexibility index (Phi) is 10.2. The van der Waals surface area contributed by atoms with Crippen LogP contribution in [0.15, 0.2) is 60.7 Å². The highest BCUT2D eigenvalue weighted by molar-refractivity contribution is 6.39. The zero-order valence-corrected chi connectivity index (χ0v) is 30.6. The fourth-order valence-corrected chi connectivity index (χ4v) is 8.20. The van der Waals surface area contributed by atoms with Gasteiger partial charge in [0.05, 0.1) is 41.2 Å². The molecule has 1 spiro atoms. The number of nitrogens with one attached hydrogen (secondary N) is 2. The van der Waals surface area contributed by atoms with Gasteiger partial charge in [-0.2, -0.15) is 0 Å². The second-order valence-corrected chi connectivity index (χ2v) is 14.5. The van der Waals surface area contributed by atoms with Gasteiger partial charge in [-0.3, -0.25) is 14.5 Å². The van der Waals surface area contributed by atoms with Crippen LogP contribution in [-0.2, 0) is 22.7 Å². The van der Waals surface area contributed by atoms with E-state index in [0.29, 0.717) is 58.7 Å². The molecule has 12 heteroatoms. The molecule has 2 aromatic carbocycles. The van der Waals surface area contributed by atoms with Gasteiger partial charge in [0.2, 0.25) is 23.6 Å². The van der Waals surface area contributed by atoms with E-state index in [-0.39, 0.29) is 17.4 Å². The Hall–Kier alpha value is -4.22. The van der Waals surface area contributed by atoms with Crippen LogP contribution < -0.4 is 20.1 Å². The summed E-state index contributed by atoms with van der Waals surface area (Å²) in [4.78, 5) is 37.3. The van der Waals surface area contributed by atoms with Crippen LogP contribution in [0.5, 0.6) is 11.8 Å². The maximum absolute atomic E-state index is 11.8. The highest BCUT2D eigenvalue weighted by atomic mass is 35.5. The first-order valence-corrected chi connectivity index (χ1v) is 18.1. The van der Waals surface area contributed by atoms with Crippen molar-refractivity contribution in [2.45, 2.75) is 57.3 Å². The minimum Gasteiger partial charge on any atom is -0.481 e. The van der Waals surface area contributed by atoms with Gasteiger partial charge >= 0.3 is 0 Å². The van der Waals surface area contributed by atoms with Crippen LogP contribution >= 0.6 is 23.2 Å². The Balaban J connectivity index is 1.08. The van der Waals surface area contributed by atoms with Gasteiger partial charge in [-0.25, -0.2) is 9.97 Å². The van der Waals surface area contributed by atoms with Crippen LogP contribution in [0, 0.1) is 0 Å². The van der Waals surface area contributed by atoms with Crippen LogP contribution in [0.3, 0.4) is 0 Å². The second-order valence-electron chi connectivity index (χ2n) is 13.7. The van der Waals surface area contributed by atoms with E-state index in [1.54, 1.807) is 21.1 Å². The largest absolute Gasteiger partial charge is 0.481 e. The normalized spacial score (nSPS) is 17.4. The lowest BCUT2D eigenvalue weighted by Gasteiger charge is -2.48. The van der Waals surface area contributed by atoms with Crippen molar-refractivity contribution in [3.8, 4) is 45.4 Å². The standard InChI is InChI=1S/C39H42Cl2N6O4/c1-24(48)47-18-15-27(16-19-47)42-20-25-10-12-32(43-37(25)50-2)30-8-4-6-28(35(30)40)29-7-5-9-31(36(29)41)33-13-11-26(38(44-33)51-3)21-46-22-39(23-46)17-14-34(49)45-39/h4-13,27,42H,14-23H2,1-3H3,(H,45,49). The number of piperidine rings is 1. The first kappa shape index (κ1) is 35.2. The molecule has 51 heavy (non-hydrogen) atoms. The van der Waals surface area contributed by atoms with Crippen molar-refractivity contribution in [1.82, 2.24) is 30.4 Å². The number of ether oxygens (including phenoxy) is 2. The molecule has 3 aliphatic heterocycles. The maximum Gasteiger partial charge on any atom is 0.220 e. The minimum atomic E-state index is -0.0792. The Morgan fingerprint density at radius 3 is 1.94 bits per heavy atom. The molecule has 3 fully saturated rings. The molecule has 3 saturated heterocycles. The molecule has 0 radical (unpaired) electrons. The van der Waals surface area contributed by atoms with E-state index < -0.39 is 0 Å². The Labute approximate surface area is 308 Å². The molecule has 10 nitrogen and oxygen atoms in total. The molecule has 4 aromatic rings. The highest BCUT2D eigenvalue weighted by Crippen LogP contribution is 2.43. The van der Waals surface area contributed by atoms with E-state index in [9.17, 15) is 9.59 Å². The highest BCUT2D eigenvalue weighted by Gasteiger charge is 2.47. The number of methoxy groups -OCH3 is 2. The maximum atomic E-state index is 11.8. The summed E-state index contributed by atoms with van der Waals surface area (Å²) in [6.45, 7) is 6.10. The average molecular weight is 730 g/mol. The number of rotatable bonds is 10.